The number of benzene rings is 3. The molecule has 0 aliphatic rings. The highest BCUT2D eigenvalue weighted by molar-refractivity contribution is 7.94. The van der Waals surface area contributed by atoms with Crippen LogP contribution in [0.2, 0.25) is 0 Å². The lowest BCUT2D eigenvalue weighted by molar-refractivity contribution is -0.435. The van der Waals surface area contributed by atoms with Gasteiger partial charge in [0.15, 0.2) is 11.1 Å². The van der Waals surface area contributed by atoms with Crippen LogP contribution in [0.3, 0.4) is 0 Å². The number of hydrogen-bond acceptors (Lipinski definition) is 14. The Kier molecular flexibility index (Phi) is 10.8. The SMILES string of the molecule is Cc1ccc(N=Nc2c(N)cc(N)c(N=Nc3ccc(SOOCCS(=O)OOO)cc3)c2C(=O)O)cc1. The van der Waals surface area contributed by atoms with Gasteiger partial charge in [0, 0.05) is 4.90 Å². The Bertz CT molecular complexity index is 1340. The fraction of sp³-hybridized carbons (Fsp3) is 0.136. The van der Waals surface area contributed by atoms with Crippen molar-refractivity contribution >= 4 is 63.2 Å². The van der Waals surface area contributed by atoms with Crippen molar-refractivity contribution < 1.29 is 38.0 Å². The minimum absolute atomic E-state index is 0.00698. The Morgan fingerprint density at radius 1 is 0.947 bits per heavy atom. The molecular weight excluding hydrogens is 540 g/mol. The largest absolute Gasteiger partial charge is 0.478 e. The van der Waals surface area contributed by atoms with E-state index in [-0.39, 0.29) is 40.7 Å². The molecule has 0 radical (unpaired) electrons. The molecule has 0 aliphatic heterocycles. The predicted octanol–water partition coefficient (Wildman–Crippen LogP) is 5.73. The van der Waals surface area contributed by atoms with E-state index in [9.17, 15) is 14.1 Å². The molecule has 0 saturated carbocycles. The monoisotopic (exact) mass is 562 g/mol. The third-order valence-corrected chi connectivity index (χ3v) is 5.91. The van der Waals surface area contributed by atoms with Gasteiger partial charge in [0.1, 0.15) is 16.9 Å². The van der Waals surface area contributed by atoms with Gasteiger partial charge in [0.05, 0.1) is 47.2 Å². The van der Waals surface area contributed by atoms with Gasteiger partial charge in [0.2, 0.25) is 0 Å². The van der Waals surface area contributed by atoms with E-state index in [4.69, 9.17) is 25.9 Å². The number of nitrogens with zero attached hydrogens (tertiary/aromatic N) is 4. The number of nitrogen functional groups attached to an aromatic ring is 2. The van der Waals surface area contributed by atoms with Gasteiger partial charge in [0.25, 0.3) is 0 Å². The number of anilines is 2. The Hall–Kier alpha value is -3.77. The molecule has 0 heterocycles. The number of hydrogen-bond donors (Lipinski definition) is 4. The minimum atomic E-state index is -1.88. The van der Waals surface area contributed by atoms with Crippen molar-refractivity contribution in [3.8, 4) is 0 Å². The second kappa shape index (κ2) is 14.2. The zero-order valence-electron chi connectivity index (χ0n) is 19.7. The lowest BCUT2D eigenvalue weighted by Crippen LogP contribution is -2.07. The topological polar surface area (TPSA) is 213 Å². The highest BCUT2D eigenvalue weighted by Crippen LogP contribution is 2.41. The van der Waals surface area contributed by atoms with E-state index < -0.39 is 17.0 Å². The van der Waals surface area contributed by atoms with E-state index in [2.05, 4.69) is 29.8 Å². The highest BCUT2D eigenvalue weighted by atomic mass is 32.2. The molecule has 6 N–H and O–H groups in total. The number of aromatic carboxylic acids is 1. The molecular formula is C22H22N6O8S2. The number of nitrogens with two attached hydrogens (primary N) is 2. The molecule has 1 atom stereocenters. The van der Waals surface area contributed by atoms with Crippen molar-refractivity contribution in [1.82, 2.24) is 0 Å². The van der Waals surface area contributed by atoms with Crippen molar-refractivity contribution in [2.45, 2.75) is 11.8 Å². The fourth-order valence-electron chi connectivity index (χ4n) is 2.79. The van der Waals surface area contributed by atoms with Crippen LogP contribution < -0.4 is 11.5 Å². The summed E-state index contributed by atoms with van der Waals surface area (Å²) >= 11 is -1.01. The summed E-state index contributed by atoms with van der Waals surface area (Å²) in [6.07, 6.45) is 0. The molecule has 3 aromatic rings. The second-order valence-corrected chi connectivity index (χ2v) is 9.21. The van der Waals surface area contributed by atoms with E-state index in [1.54, 1.807) is 36.4 Å². The zero-order chi connectivity index (χ0) is 27.5. The molecule has 0 bridgehead atoms. The second-order valence-electron chi connectivity index (χ2n) is 7.29. The number of carboxylic acid groups (broad SMARTS) is 1. The van der Waals surface area contributed by atoms with Crippen LogP contribution in [0.15, 0.2) is 79.9 Å². The maximum Gasteiger partial charge on any atom is 0.340 e. The summed E-state index contributed by atoms with van der Waals surface area (Å²) in [5.41, 5.74) is 13.4. The Morgan fingerprint density at radius 3 is 2.03 bits per heavy atom. The third-order valence-electron chi connectivity index (χ3n) is 4.56. The molecule has 14 nitrogen and oxygen atoms in total. The number of carboxylic acids is 1. The molecule has 3 aromatic carbocycles. The minimum Gasteiger partial charge on any atom is -0.478 e. The van der Waals surface area contributed by atoms with Gasteiger partial charge in [-0.25, -0.2) is 19.1 Å². The van der Waals surface area contributed by atoms with Crippen LogP contribution in [0, 0.1) is 6.92 Å². The van der Waals surface area contributed by atoms with E-state index in [0.29, 0.717) is 16.3 Å². The van der Waals surface area contributed by atoms with Gasteiger partial charge in [-0.2, -0.15) is 14.6 Å². The zero-order valence-corrected chi connectivity index (χ0v) is 21.3. The lowest BCUT2D eigenvalue weighted by Gasteiger charge is -2.10. The van der Waals surface area contributed by atoms with Crippen LogP contribution in [-0.4, -0.2) is 32.9 Å². The van der Waals surface area contributed by atoms with Gasteiger partial charge in [-0.15, -0.1) is 14.6 Å². The van der Waals surface area contributed by atoms with E-state index in [1.807, 2.05) is 19.1 Å². The first-order valence-corrected chi connectivity index (χ1v) is 12.6. The first-order chi connectivity index (χ1) is 18.3. The summed E-state index contributed by atoms with van der Waals surface area (Å²) in [5.74, 6) is -1.44. The lowest BCUT2D eigenvalue weighted by atomic mass is 10.1. The van der Waals surface area contributed by atoms with Crippen molar-refractivity contribution in [2.24, 2.45) is 20.5 Å². The van der Waals surface area contributed by atoms with E-state index >= 15 is 0 Å². The average molecular weight is 563 g/mol. The summed E-state index contributed by atoms with van der Waals surface area (Å²) in [5, 5.41) is 37.4. The van der Waals surface area contributed by atoms with Crippen molar-refractivity contribution in [1.29, 1.82) is 0 Å². The maximum absolute atomic E-state index is 12.1. The van der Waals surface area contributed by atoms with Gasteiger partial charge < -0.3 is 16.6 Å². The molecule has 200 valence electrons. The third kappa shape index (κ3) is 8.38. The number of rotatable bonds is 13. The van der Waals surface area contributed by atoms with Gasteiger partial charge >= 0.3 is 5.97 Å². The van der Waals surface area contributed by atoms with Crippen LogP contribution >= 0.6 is 12.0 Å². The van der Waals surface area contributed by atoms with Crippen molar-refractivity contribution in [2.75, 3.05) is 23.8 Å². The molecule has 0 spiro atoms. The smallest absolute Gasteiger partial charge is 0.340 e. The van der Waals surface area contributed by atoms with Crippen LogP contribution in [0.4, 0.5) is 34.1 Å². The van der Waals surface area contributed by atoms with Crippen LogP contribution in [0.5, 0.6) is 0 Å². The molecule has 0 aliphatic carbocycles. The first-order valence-electron chi connectivity index (χ1n) is 10.6. The molecule has 0 aromatic heterocycles. The quantitative estimate of drug-likeness (QED) is 0.0493. The van der Waals surface area contributed by atoms with E-state index in [0.717, 1.165) is 17.6 Å². The normalized spacial score (nSPS) is 12.4. The average Bonchev–Trinajstić information content (AvgIpc) is 2.88. The standard InChI is InChI=1S/C22H22N6O8S2/c1-13-2-4-14(5-3-13)25-27-20-17(23)12-18(24)21(19(20)22(29)30)28-26-15-6-8-16(9-7-15)37-35-33-10-11-38(32)36-34-31/h2-9,12,31H,10-11,23-24H2,1H3,(H,29,30). The highest BCUT2D eigenvalue weighted by Gasteiger charge is 2.22. The first kappa shape index (κ1) is 28.8. The summed E-state index contributed by atoms with van der Waals surface area (Å²) in [6.45, 7) is 1.84. The Labute approximate surface area is 222 Å². The van der Waals surface area contributed by atoms with Gasteiger partial charge in [-0.3, -0.25) is 0 Å². The van der Waals surface area contributed by atoms with Crippen LogP contribution in [0.1, 0.15) is 15.9 Å². The fourth-order valence-corrected chi connectivity index (χ4v) is 3.57. The molecule has 16 heteroatoms. The van der Waals surface area contributed by atoms with Crippen LogP contribution in [0.25, 0.3) is 0 Å². The van der Waals surface area contributed by atoms with Gasteiger partial charge in [-0.05, 0) is 49.4 Å². The van der Waals surface area contributed by atoms with Crippen LogP contribution in [-0.2, 0) is 29.7 Å². The van der Waals surface area contributed by atoms with E-state index in [1.165, 1.54) is 6.07 Å². The number of carbonyl (C=O) groups is 1. The number of aryl methyl sites for hydroxylation is 1. The van der Waals surface area contributed by atoms with Crippen molar-refractivity contribution in [3.63, 3.8) is 0 Å². The molecule has 0 fully saturated rings. The summed E-state index contributed by atoms with van der Waals surface area (Å²) < 4.78 is 20.0. The predicted molar refractivity (Wildman–Crippen MR) is 139 cm³/mol. The maximum atomic E-state index is 12.1. The molecule has 3 rings (SSSR count). The van der Waals surface area contributed by atoms with Gasteiger partial charge in [-0.1, -0.05) is 22.7 Å². The summed E-state index contributed by atoms with van der Waals surface area (Å²) in [7, 11) is 0. The summed E-state index contributed by atoms with van der Waals surface area (Å²) in [4.78, 5) is 17.6. The number of azo groups is 2. The van der Waals surface area contributed by atoms with Crippen molar-refractivity contribution in [3.05, 3.63) is 65.7 Å². The molecule has 1 unspecified atom stereocenters. The summed E-state index contributed by atoms with van der Waals surface area (Å²) in [6, 6.07) is 15.0. The Morgan fingerprint density at radius 2 is 1.50 bits per heavy atom. The molecule has 0 amide bonds. The molecule has 38 heavy (non-hydrogen) atoms. The Balaban J connectivity index is 1.72. The molecule has 0 saturated heterocycles.